The first-order valence-electron chi connectivity index (χ1n) is 8.17. The van der Waals surface area contributed by atoms with Crippen molar-refractivity contribution in [2.24, 2.45) is 0 Å². The van der Waals surface area contributed by atoms with E-state index in [9.17, 15) is 14.9 Å². The molecule has 27 heavy (non-hydrogen) atoms. The van der Waals surface area contributed by atoms with Crippen molar-refractivity contribution in [2.75, 3.05) is 28.4 Å². The molecule has 0 saturated carbocycles. The van der Waals surface area contributed by atoms with Gasteiger partial charge in [0.2, 0.25) is 11.7 Å². The van der Waals surface area contributed by atoms with Gasteiger partial charge in [-0.3, -0.25) is 14.9 Å². The first-order chi connectivity index (χ1) is 12.9. The molecule has 144 valence electrons. The van der Waals surface area contributed by atoms with E-state index in [1.165, 1.54) is 32.3 Å². The second-order valence-electron chi connectivity index (χ2n) is 5.81. The molecule has 0 aliphatic carbocycles. The van der Waals surface area contributed by atoms with Crippen molar-refractivity contribution >= 4 is 11.6 Å². The molecule has 0 aliphatic rings. The topological polar surface area (TPSA) is 91.1 Å². The van der Waals surface area contributed by atoms with E-state index in [0.29, 0.717) is 22.8 Å². The second kappa shape index (κ2) is 8.88. The van der Waals surface area contributed by atoms with Crippen molar-refractivity contribution < 1.29 is 23.9 Å². The number of carbonyl (C=O) groups excluding carboxylic acids is 1. The lowest BCUT2D eigenvalue weighted by atomic mass is 10.1. The van der Waals surface area contributed by atoms with Crippen molar-refractivity contribution in [2.45, 2.75) is 13.0 Å². The van der Waals surface area contributed by atoms with Crippen LogP contribution in [0.15, 0.2) is 36.4 Å². The normalized spacial score (nSPS) is 10.2. The molecular formula is C19H22N2O6. The van der Waals surface area contributed by atoms with Crippen molar-refractivity contribution in [1.82, 2.24) is 4.90 Å². The van der Waals surface area contributed by atoms with Gasteiger partial charge in [0.05, 0.1) is 32.7 Å². The van der Waals surface area contributed by atoms with Crippen LogP contribution in [0, 0.1) is 10.1 Å². The number of ether oxygens (including phenoxy) is 3. The Morgan fingerprint density at radius 1 is 1.00 bits per heavy atom. The lowest BCUT2D eigenvalue weighted by Crippen LogP contribution is -2.28. The number of para-hydroxylation sites is 1. The van der Waals surface area contributed by atoms with Crippen molar-refractivity contribution in [1.29, 1.82) is 0 Å². The van der Waals surface area contributed by atoms with E-state index in [1.807, 2.05) is 0 Å². The monoisotopic (exact) mass is 374 g/mol. The van der Waals surface area contributed by atoms with Crippen LogP contribution in [0.4, 0.5) is 5.69 Å². The van der Waals surface area contributed by atoms with Crippen molar-refractivity contribution in [3.63, 3.8) is 0 Å². The highest BCUT2D eigenvalue weighted by Gasteiger charge is 2.21. The third kappa shape index (κ3) is 4.46. The van der Waals surface area contributed by atoms with E-state index in [2.05, 4.69) is 0 Å². The van der Waals surface area contributed by atoms with Crippen LogP contribution >= 0.6 is 0 Å². The van der Waals surface area contributed by atoms with E-state index >= 15 is 0 Å². The van der Waals surface area contributed by atoms with Gasteiger partial charge in [0.25, 0.3) is 5.69 Å². The maximum atomic E-state index is 12.6. The van der Waals surface area contributed by atoms with Crippen molar-refractivity contribution in [3.05, 3.63) is 57.6 Å². The zero-order chi connectivity index (χ0) is 20.0. The molecule has 8 heteroatoms. The van der Waals surface area contributed by atoms with Crippen LogP contribution < -0.4 is 14.2 Å². The number of rotatable bonds is 8. The molecule has 2 aromatic carbocycles. The molecule has 0 N–H and O–H groups in total. The molecule has 0 saturated heterocycles. The summed E-state index contributed by atoms with van der Waals surface area (Å²) in [4.78, 5) is 24.7. The molecule has 0 heterocycles. The van der Waals surface area contributed by atoms with Gasteiger partial charge in [-0.2, -0.15) is 0 Å². The van der Waals surface area contributed by atoms with Gasteiger partial charge in [0.15, 0.2) is 11.5 Å². The predicted molar refractivity (Wildman–Crippen MR) is 99.4 cm³/mol. The Morgan fingerprint density at radius 3 is 2.26 bits per heavy atom. The van der Waals surface area contributed by atoms with Crippen molar-refractivity contribution in [3.8, 4) is 17.2 Å². The van der Waals surface area contributed by atoms with E-state index < -0.39 is 4.92 Å². The first-order valence-corrected chi connectivity index (χ1v) is 8.17. The van der Waals surface area contributed by atoms with E-state index in [1.54, 1.807) is 37.4 Å². The number of hydrogen-bond donors (Lipinski definition) is 0. The molecule has 0 radical (unpaired) electrons. The van der Waals surface area contributed by atoms with E-state index in [-0.39, 0.29) is 24.6 Å². The third-order valence-electron chi connectivity index (χ3n) is 4.15. The molecule has 8 nitrogen and oxygen atoms in total. The number of nitro benzene ring substituents is 1. The summed E-state index contributed by atoms with van der Waals surface area (Å²) >= 11 is 0. The van der Waals surface area contributed by atoms with Gasteiger partial charge in [-0.25, -0.2) is 0 Å². The van der Waals surface area contributed by atoms with Gasteiger partial charge in [-0.1, -0.05) is 18.2 Å². The predicted octanol–water partition coefficient (Wildman–Crippen LogP) is 2.82. The standard InChI is InChI=1S/C19H22N2O6/c1-20(17(22)11-13-7-5-6-8-15(13)21(23)24)12-14-9-10-16(25-2)19(27-4)18(14)26-3/h5-10H,11-12H2,1-4H3. The number of nitrogens with zero attached hydrogens (tertiary/aromatic N) is 2. The molecule has 0 bridgehead atoms. The Bertz CT molecular complexity index is 837. The Balaban J connectivity index is 2.21. The van der Waals surface area contributed by atoms with Crippen LogP contribution in [0.3, 0.4) is 0 Å². The molecule has 2 rings (SSSR count). The smallest absolute Gasteiger partial charge is 0.273 e. The van der Waals surface area contributed by atoms with Crippen LogP contribution in [0.2, 0.25) is 0 Å². The van der Waals surface area contributed by atoms with Crippen LogP contribution in [0.1, 0.15) is 11.1 Å². The Labute approximate surface area is 157 Å². The number of likely N-dealkylation sites (N-methyl/N-ethyl adjacent to an activating group) is 1. The highest BCUT2D eigenvalue weighted by Crippen LogP contribution is 2.40. The lowest BCUT2D eigenvalue weighted by molar-refractivity contribution is -0.385. The molecule has 0 aliphatic heterocycles. The Morgan fingerprint density at radius 2 is 1.67 bits per heavy atom. The number of methoxy groups -OCH3 is 3. The van der Waals surface area contributed by atoms with Gasteiger partial charge in [-0.05, 0) is 12.1 Å². The Kier molecular flexibility index (Phi) is 6.59. The number of amides is 1. The summed E-state index contributed by atoms with van der Waals surface area (Å²) in [5.41, 5.74) is 1.04. The average Bonchev–Trinajstić information content (AvgIpc) is 2.67. The highest BCUT2D eigenvalue weighted by molar-refractivity contribution is 5.79. The SMILES string of the molecule is COc1ccc(CN(C)C(=O)Cc2ccccc2[N+](=O)[O-])c(OC)c1OC. The lowest BCUT2D eigenvalue weighted by Gasteiger charge is -2.21. The zero-order valence-corrected chi connectivity index (χ0v) is 15.7. The maximum absolute atomic E-state index is 12.6. The van der Waals surface area contributed by atoms with E-state index in [0.717, 1.165) is 5.56 Å². The summed E-state index contributed by atoms with van der Waals surface area (Å²) in [6.45, 7) is 0.253. The van der Waals surface area contributed by atoms with E-state index in [4.69, 9.17) is 14.2 Å². The average molecular weight is 374 g/mol. The summed E-state index contributed by atoms with van der Waals surface area (Å²) in [5, 5.41) is 11.1. The zero-order valence-electron chi connectivity index (χ0n) is 15.7. The van der Waals surface area contributed by atoms with Crippen LogP contribution in [0.5, 0.6) is 17.2 Å². The molecule has 1 amide bonds. The first kappa shape index (κ1) is 20.0. The van der Waals surface area contributed by atoms with Gasteiger partial charge in [0.1, 0.15) is 0 Å². The molecule has 0 fully saturated rings. The minimum Gasteiger partial charge on any atom is -0.493 e. The second-order valence-corrected chi connectivity index (χ2v) is 5.81. The van der Waals surface area contributed by atoms with Crippen LogP contribution in [-0.2, 0) is 17.8 Å². The number of hydrogen-bond acceptors (Lipinski definition) is 6. The number of carbonyl (C=O) groups is 1. The Hall–Kier alpha value is -3.29. The molecule has 2 aromatic rings. The van der Waals surface area contributed by atoms with Gasteiger partial charge < -0.3 is 19.1 Å². The fraction of sp³-hybridized carbons (Fsp3) is 0.316. The third-order valence-corrected chi connectivity index (χ3v) is 4.15. The molecule has 0 aromatic heterocycles. The minimum absolute atomic E-state index is 0.0662. The largest absolute Gasteiger partial charge is 0.493 e. The quantitative estimate of drug-likeness (QED) is 0.521. The molecule has 0 atom stereocenters. The summed E-state index contributed by atoms with van der Waals surface area (Å²) in [6, 6.07) is 9.74. The highest BCUT2D eigenvalue weighted by atomic mass is 16.6. The summed E-state index contributed by atoms with van der Waals surface area (Å²) < 4.78 is 16.0. The minimum atomic E-state index is -0.486. The summed E-state index contributed by atoms with van der Waals surface area (Å²) in [5.74, 6) is 1.19. The fourth-order valence-corrected chi connectivity index (χ4v) is 2.77. The van der Waals surface area contributed by atoms with Gasteiger partial charge >= 0.3 is 0 Å². The molecule has 0 spiro atoms. The molecule has 0 unspecified atom stereocenters. The molecular weight excluding hydrogens is 352 g/mol. The summed E-state index contributed by atoms with van der Waals surface area (Å²) in [7, 11) is 6.18. The number of nitro groups is 1. The number of benzene rings is 2. The van der Waals surface area contributed by atoms with Gasteiger partial charge in [0, 0.05) is 30.8 Å². The van der Waals surface area contributed by atoms with Crippen LogP contribution in [0.25, 0.3) is 0 Å². The maximum Gasteiger partial charge on any atom is 0.273 e. The van der Waals surface area contributed by atoms with Gasteiger partial charge in [-0.15, -0.1) is 0 Å². The fourth-order valence-electron chi connectivity index (χ4n) is 2.77. The van der Waals surface area contributed by atoms with Crippen LogP contribution in [-0.4, -0.2) is 44.1 Å². The summed E-state index contributed by atoms with van der Waals surface area (Å²) in [6.07, 6.45) is -0.0662.